The Morgan fingerprint density at radius 3 is 2.55 bits per heavy atom. The highest BCUT2D eigenvalue weighted by Gasteiger charge is 2.22. The SMILES string of the molecule is Cc1ccc(-c2n[nH]c(=S)n2CC(=O)NC(CC2CCCCC2)c2ccccc2)cc1. The van der Waals surface area contributed by atoms with Gasteiger partial charge in [-0.05, 0) is 37.0 Å². The molecule has 0 bridgehead atoms. The summed E-state index contributed by atoms with van der Waals surface area (Å²) in [6.07, 6.45) is 7.41. The zero-order valence-electron chi connectivity index (χ0n) is 18.0. The van der Waals surface area contributed by atoms with Crippen molar-refractivity contribution in [2.75, 3.05) is 0 Å². The predicted molar refractivity (Wildman–Crippen MR) is 126 cm³/mol. The first-order chi connectivity index (χ1) is 15.1. The number of hydrogen-bond acceptors (Lipinski definition) is 3. The van der Waals surface area contributed by atoms with Crippen LogP contribution in [0.2, 0.25) is 0 Å². The molecule has 1 aliphatic carbocycles. The van der Waals surface area contributed by atoms with E-state index in [2.05, 4.69) is 27.6 Å². The smallest absolute Gasteiger partial charge is 0.240 e. The molecule has 31 heavy (non-hydrogen) atoms. The van der Waals surface area contributed by atoms with Gasteiger partial charge in [0.05, 0.1) is 6.04 Å². The highest BCUT2D eigenvalue weighted by Crippen LogP contribution is 2.32. The number of benzene rings is 2. The Labute approximate surface area is 188 Å². The third-order valence-corrected chi connectivity index (χ3v) is 6.51. The van der Waals surface area contributed by atoms with Crippen LogP contribution in [0, 0.1) is 17.6 Å². The van der Waals surface area contributed by atoms with Gasteiger partial charge >= 0.3 is 0 Å². The molecule has 6 heteroatoms. The molecular formula is C25H30N4OS. The third-order valence-electron chi connectivity index (χ3n) is 6.20. The van der Waals surface area contributed by atoms with Crippen LogP contribution in [0.1, 0.15) is 55.7 Å². The van der Waals surface area contributed by atoms with Gasteiger partial charge < -0.3 is 5.32 Å². The Bertz CT molecular complexity index is 1050. The molecule has 1 heterocycles. The summed E-state index contributed by atoms with van der Waals surface area (Å²) in [4.78, 5) is 13.1. The summed E-state index contributed by atoms with van der Waals surface area (Å²) in [5.74, 6) is 1.30. The van der Waals surface area contributed by atoms with E-state index in [9.17, 15) is 4.79 Å². The van der Waals surface area contributed by atoms with E-state index in [1.807, 2.05) is 49.4 Å². The third kappa shape index (κ3) is 5.50. The number of aryl methyl sites for hydroxylation is 1. The van der Waals surface area contributed by atoms with Gasteiger partial charge in [0.2, 0.25) is 5.91 Å². The number of nitrogens with zero attached hydrogens (tertiary/aromatic N) is 2. The van der Waals surface area contributed by atoms with Gasteiger partial charge in [-0.3, -0.25) is 14.5 Å². The molecule has 1 saturated carbocycles. The van der Waals surface area contributed by atoms with Crippen LogP contribution in [0.5, 0.6) is 0 Å². The van der Waals surface area contributed by atoms with Gasteiger partial charge in [-0.1, -0.05) is 92.3 Å². The van der Waals surface area contributed by atoms with E-state index in [1.165, 1.54) is 37.7 Å². The Morgan fingerprint density at radius 1 is 1.13 bits per heavy atom. The number of rotatable bonds is 7. The maximum Gasteiger partial charge on any atom is 0.240 e. The summed E-state index contributed by atoms with van der Waals surface area (Å²) in [6.45, 7) is 2.19. The number of hydrogen-bond donors (Lipinski definition) is 2. The number of nitrogens with one attached hydrogen (secondary N) is 2. The van der Waals surface area contributed by atoms with Crippen molar-refractivity contribution >= 4 is 18.1 Å². The number of aromatic amines is 1. The highest BCUT2D eigenvalue weighted by atomic mass is 32.1. The Morgan fingerprint density at radius 2 is 1.84 bits per heavy atom. The van der Waals surface area contributed by atoms with Gasteiger partial charge in [0.1, 0.15) is 6.54 Å². The minimum absolute atomic E-state index is 0.0145. The first-order valence-electron chi connectivity index (χ1n) is 11.2. The molecule has 1 aliphatic rings. The van der Waals surface area contributed by atoms with Crippen molar-refractivity contribution in [2.24, 2.45) is 5.92 Å². The molecule has 162 valence electrons. The molecule has 1 aromatic heterocycles. The topological polar surface area (TPSA) is 62.7 Å². The average molecular weight is 435 g/mol. The van der Waals surface area contributed by atoms with E-state index in [-0.39, 0.29) is 18.5 Å². The van der Waals surface area contributed by atoms with Crippen molar-refractivity contribution in [1.82, 2.24) is 20.1 Å². The molecule has 1 fully saturated rings. The second-order valence-electron chi connectivity index (χ2n) is 8.58. The second-order valence-corrected chi connectivity index (χ2v) is 8.96. The molecule has 2 N–H and O–H groups in total. The summed E-state index contributed by atoms with van der Waals surface area (Å²) in [7, 11) is 0. The molecular weight excluding hydrogens is 404 g/mol. The van der Waals surface area contributed by atoms with Gasteiger partial charge in [-0.15, -0.1) is 0 Å². The molecule has 1 atom stereocenters. The zero-order valence-corrected chi connectivity index (χ0v) is 18.8. The van der Waals surface area contributed by atoms with Crippen LogP contribution in [0.15, 0.2) is 54.6 Å². The van der Waals surface area contributed by atoms with Gasteiger partial charge in [0.25, 0.3) is 0 Å². The summed E-state index contributed by atoms with van der Waals surface area (Å²) in [5, 5.41) is 10.5. The van der Waals surface area contributed by atoms with Crippen LogP contribution < -0.4 is 5.32 Å². The number of H-pyrrole nitrogens is 1. The maximum atomic E-state index is 13.1. The van der Waals surface area contributed by atoms with Gasteiger partial charge in [0.15, 0.2) is 10.6 Å². The first-order valence-corrected chi connectivity index (χ1v) is 11.6. The van der Waals surface area contributed by atoms with Crippen LogP contribution in [0.3, 0.4) is 0 Å². The van der Waals surface area contributed by atoms with Crippen LogP contribution in [0.25, 0.3) is 11.4 Å². The molecule has 1 unspecified atom stereocenters. The molecule has 0 aliphatic heterocycles. The van der Waals surface area contributed by atoms with Crippen LogP contribution in [-0.2, 0) is 11.3 Å². The van der Waals surface area contributed by atoms with Crippen molar-refractivity contribution in [3.63, 3.8) is 0 Å². The maximum absolute atomic E-state index is 13.1. The van der Waals surface area contributed by atoms with E-state index >= 15 is 0 Å². The Kier molecular flexibility index (Phi) is 6.97. The molecule has 0 radical (unpaired) electrons. The highest BCUT2D eigenvalue weighted by molar-refractivity contribution is 7.71. The molecule has 3 aromatic rings. The first kappa shape index (κ1) is 21.5. The van der Waals surface area contributed by atoms with E-state index in [4.69, 9.17) is 12.2 Å². The lowest BCUT2D eigenvalue weighted by Crippen LogP contribution is -2.33. The standard InChI is InChI=1S/C25H30N4OS/c1-18-12-14-21(15-13-18)24-27-28-25(31)29(24)17-23(30)26-22(20-10-6-3-7-11-20)16-19-8-4-2-5-9-19/h3,6-7,10-15,19,22H,2,4-5,8-9,16-17H2,1H3,(H,26,30)(H,28,31). The monoisotopic (exact) mass is 434 g/mol. The van der Waals surface area contributed by atoms with E-state index in [0.29, 0.717) is 16.5 Å². The Hall–Kier alpha value is -2.73. The predicted octanol–water partition coefficient (Wildman–Crippen LogP) is 5.74. The van der Waals surface area contributed by atoms with Gasteiger partial charge in [-0.25, -0.2) is 0 Å². The van der Waals surface area contributed by atoms with E-state index in [0.717, 1.165) is 17.5 Å². The van der Waals surface area contributed by atoms with Crippen molar-refractivity contribution in [3.8, 4) is 11.4 Å². The number of amides is 1. The van der Waals surface area contributed by atoms with E-state index < -0.39 is 0 Å². The fourth-order valence-electron chi connectivity index (χ4n) is 4.49. The molecule has 4 rings (SSSR count). The Balaban J connectivity index is 1.51. The number of aromatic nitrogens is 3. The summed E-state index contributed by atoms with van der Waals surface area (Å²) in [5.41, 5.74) is 3.28. The van der Waals surface area contributed by atoms with Crippen molar-refractivity contribution in [3.05, 3.63) is 70.5 Å². The fraction of sp³-hybridized carbons (Fsp3) is 0.400. The average Bonchev–Trinajstić information content (AvgIpc) is 3.15. The second kappa shape index (κ2) is 10.1. The molecule has 5 nitrogen and oxygen atoms in total. The summed E-state index contributed by atoms with van der Waals surface area (Å²) in [6, 6.07) is 18.4. The van der Waals surface area contributed by atoms with Crippen molar-refractivity contribution in [2.45, 2.75) is 58.0 Å². The zero-order chi connectivity index (χ0) is 21.6. The van der Waals surface area contributed by atoms with Crippen molar-refractivity contribution < 1.29 is 4.79 Å². The molecule has 0 saturated heterocycles. The fourth-order valence-corrected chi connectivity index (χ4v) is 4.69. The van der Waals surface area contributed by atoms with Crippen LogP contribution in [0.4, 0.5) is 0 Å². The largest absolute Gasteiger partial charge is 0.348 e. The van der Waals surface area contributed by atoms with Crippen LogP contribution in [-0.4, -0.2) is 20.7 Å². The molecule has 0 spiro atoms. The minimum atomic E-state index is -0.0458. The molecule has 2 aromatic carbocycles. The summed E-state index contributed by atoms with van der Waals surface area (Å²) < 4.78 is 2.23. The lowest BCUT2D eigenvalue weighted by molar-refractivity contribution is -0.122. The quantitative estimate of drug-likeness (QED) is 0.466. The van der Waals surface area contributed by atoms with Gasteiger partial charge in [-0.2, -0.15) is 5.10 Å². The van der Waals surface area contributed by atoms with E-state index in [1.54, 1.807) is 4.57 Å². The lowest BCUT2D eigenvalue weighted by Gasteiger charge is -2.27. The number of carbonyl (C=O) groups excluding carboxylic acids is 1. The lowest BCUT2D eigenvalue weighted by atomic mass is 9.83. The van der Waals surface area contributed by atoms with Crippen molar-refractivity contribution in [1.29, 1.82) is 0 Å². The summed E-state index contributed by atoms with van der Waals surface area (Å²) >= 11 is 5.42. The van der Waals surface area contributed by atoms with Gasteiger partial charge in [0, 0.05) is 5.56 Å². The normalized spacial score (nSPS) is 15.5. The number of carbonyl (C=O) groups is 1. The minimum Gasteiger partial charge on any atom is -0.348 e. The molecule has 1 amide bonds. The van der Waals surface area contributed by atoms with Crippen LogP contribution >= 0.6 is 12.2 Å².